The van der Waals surface area contributed by atoms with Crippen molar-refractivity contribution in [2.75, 3.05) is 23.9 Å². The number of amides is 1. The van der Waals surface area contributed by atoms with Gasteiger partial charge in [-0.2, -0.15) is 0 Å². The van der Waals surface area contributed by atoms with E-state index in [1.165, 1.54) is 24.4 Å². The number of benzene rings is 1. The fourth-order valence-electron chi connectivity index (χ4n) is 1.56. The van der Waals surface area contributed by atoms with Gasteiger partial charge >= 0.3 is 5.97 Å². The summed E-state index contributed by atoms with van der Waals surface area (Å²) in [7, 11) is 1.29. The van der Waals surface area contributed by atoms with E-state index in [-0.39, 0.29) is 11.7 Å². The minimum absolute atomic E-state index is 0.111. The van der Waals surface area contributed by atoms with Crippen molar-refractivity contribution in [2.24, 2.45) is 5.73 Å². The van der Waals surface area contributed by atoms with E-state index in [2.05, 4.69) is 17.0 Å². The Kier molecular flexibility index (Phi) is 7.11. The number of ether oxygens (including phenoxy) is 1. The molecule has 0 radical (unpaired) electrons. The predicted octanol–water partition coefficient (Wildman–Crippen LogP) is 1.42. The summed E-state index contributed by atoms with van der Waals surface area (Å²) in [6, 6.07) is 7.03. The number of nitrogens with one attached hydrogen (secondary N) is 1. The van der Waals surface area contributed by atoms with Crippen LogP contribution < -0.4 is 11.1 Å². The second-order valence-electron chi connectivity index (χ2n) is 4.25. The van der Waals surface area contributed by atoms with E-state index in [0.29, 0.717) is 5.75 Å². The lowest BCUT2D eigenvalue weighted by Crippen LogP contribution is -2.34. The molecule has 1 rings (SSSR count). The van der Waals surface area contributed by atoms with Crippen LogP contribution in [-0.2, 0) is 20.7 Å². The average Bonchev–Trinajstić information content (AvgIpc) is 2.46. The first-order valence-corrected chi connectivity index (χ1v) is 7.52. The number of carbonyl (C=O) groups excluding carboxylic acids is 2. The molecule has 1 unspecified atom stereocenters. The quantitative estimate of drug-likeness (QED) is 0.744. The van der Waals surface area contributed by atoms with Crippen molar-refractivity contribution >= 4 is 29.3 Å². The Balaban J connectivity index is 2.35. The van der Waals surface area contributed by atoms with Gasteiger partial charge in [-0.3, -0.25) is 9.59 Å². The minimum Gasteiger partial charge on any atom is -0.468 e. The standard InChI is InChI=1S/C14H20N2O3S/c1-3-10-5-4-6-11(7-10)16-13(17)9-20-8-12(15)14(18)19-2/h4-7,12H,3,8-9,15H2,1-2H3,(H,16,17). The SMILES string of the molecule is CCc1cccc(NC(=O)CSCC(N)C(=O)OC)c1. The average molecular weight is 296 g/mol. The predicted molar refractivity (Wildman–Crippen MR) is 81.8 cm³/mol. The van der Waals surface area contributed by atoms with E-state index >= 15 is 0 Å². The van der Waals surface area contributed by atoms with Crippen molar-refractivity contribution < 1.29 is 14.3 Å². The number of nitrogens with two attached hydrogens (primary N) is 1. The van der Waals surface area contributed by atoms with E-state index < -0.39 is 12.0 Å². The topological polar surface area (TPSA) is 81.4 Å². The Labute approximate surface area is 123 Å². The van der Waals surface area contributed by atoms with Crippen LogP contribution in [0.25, 0.3) is 0 Å². The first-order valence-electron chi connectivity index (χ1n) is 6.36. The summed E-state index contributed by atoms with van der Waals surface area (Å²) in [5, 5.41) is 2.82. The Morgan fingerprint density at radius 2 is 2.20 bits per heavy atom. The van der Waals surface area contributed by atoms with Gasteiger partial charge in [-0.05, 0) is 24.1 Å². The molecule has 1 atom stereocenters. The third-order valence-corrected chi connectivity index (χ3v) is 3.71. The fraction of sp³-hybridized carbons (Fsp3) is 0.429. The van der Waals surface area contributed by atoms with Crippen LogP contribution in [-0.4, -0.2) is 36.5 Å². The lowest BCUT2D eigenvalue weighted by Gasteiger charge is -2.09. The molecule has 0 spiro atoms. The van der Waals surface area contributed by atoms with Gasteiger partial charge < -0.3 is 15.8 Å². The molecule has 1 amide bonds. The summed E-state index contributed by atoms with van der Waals surface area (Å²) in [6.07, 6.45) is 0.923. The molecule has 0 bridgehead atoms. The van der Waals surface area contributed by atoms with Gasteiger partial charge in [0.1, 0.15) is 6.04 Å². The third-order valence-electron chi connectivity index (χ3n) is 2.65. The number of anilines is 1. The van der Waals surface area contributed by atoms with Crippen LogP contribution in [0.15, 0.2) is 24.3 Å². The molecule has 0 aliphatic carbocycles. The number of hydrogen-bond acceptors (Lipinski definition) is 5. The Hall–Kier alpha value is -1.53. The van der Waals surface area contributed by atoms with Crippen molar-refractivity contribution in [1.82, 2.24) is 0 Å². The van der Waals surface area contributed by atoms with E-state index in [1.807, 2.05) is 24.3 Å². The molecule has 5 nitrogen and oxygen atoms in total. The number of aryl methyl sites for hydroxylation is 1. The highest BCUT2D eigenvalue weighted by Gasteiger charge is 2.14. The summed E-state index contributed by atoms with van der Waals surface area (Å²) < 4.78 is 4.51. The molecule has 0 heterocycles. The van der Waals surface area contributed by atoms with Gasteiger partial charge in [0.25, 0.3) is 0 Å². The highest BCUT2D eigenvalue weighted by Crippen LogP contribution is 2.12. The number of thioether (sulfide) groups is 1. The van der Waals surface area contributed by atoms with E-state index in [1.54, 1.807) is 0 Å². The van der Waals surface area contributed by atoms with E-state index in [0.717, 1.165) is 12.1 Å². The molecule has 1 aromatic rings. The van der Waals surface area contributed by atoms with Crippen LogP contribution in [0, 0.1) is 0 Å². The number of hydrogen-bond donors (Lipinski definition) is 2. The van der Waals surface area contributed by atoms with Crippen LogP contribution >= 0.6 is 11.8 Å². The summed E-state index contributed by atoms with van der Waals surface area (Å²) in [5.74, 6) is 0.0322. The van der Waals surface area contributed by atoms with Crippen LogP contribution in [0.1, 0.15) is 12.5 Å². The smallest absolute Gasteiger partial charge is 0.323 e. The lowest BCUT2D eigenvalue weighted by atomic mass is 10.1. The van der Waals surface area contributed by atoms with Crippen LogP contribution in [0.2, 0.25) is 0 Å². The number of esters is 1. The number of rotatable bonds is 7. The highest BCUT2D eigenvalue weighted by molar-refractivity contribution is 8.00. The second kappa shape index (κ2) is 8.60. The van der Waals surface area contributed by atoms with Gasteiger partial charge in [0.2, 0.25) is 5.91 Å². The molecule has 0 fully saturated rings. The van der Waals surface area contributed by atoms with Crippen molar-refractivity contribution in [3.8, 4) is 0 Å². The molecule has 0 aromatic heterocycles. The van der Waals surface area contributed by atoms with Crippen molar-refractivity contribution in [3.05, 3.63) is 29.8 Å². The molecule has 6 heteroatoms. The molecule has 0 aliphatic rings. The summed E-state index contributed by atoms with van der Waals surface area (Å²) in [4.78, 5) is 22.8. The zero-order chi connectivity index (χ0) is 15.0. The van der Waals surface area contributed by atoms with E-state index in [4.69, 9.17) is 5.73 Å². The number of methoxy groups -OCH3 is 1. The van der Waals surface area contributed by atoms with Crippen LogP contribution in [0.4, 0.5) is 5.69 Å². The Morgan fingerprint density at radius 1 is 1.45 bits per heavy atom. The lowest BCUT2D eigenvalue weighted by molar-refractivity contribution is -0.141. The molecule has 0 saturated heterocycles. The Bertz CT molecular complexity index is 465. The van der Waals surface area contributed by atoms with Crippen LogP contribution in [0.5, 0.6) is 0 Å². The molecule has 20 heavy (non-hydrogen) atoms. The maximum atomic E-state index is 11.7. The zero-order valence-corrected chi connectivity index (χ0v) is 12.5. The maximum absolute atomic E-state index is 11.7. The summed E-state index contributed by atoms with van der Waals surface area (Å²) in [5.41, 5.74) is 7.53. The first kappa shape index (κ1) is 16.5. The second-order valence-corrected chi connectivity index (χ2v) is 5.28. The monoisotopic (exact) mass is 296 g/mol. The van der Waals surface area contributed by atoms with Crippen LogP contribution in [0.3, 0.4) is 0 Å². The van der Waals surface area contributed by atoms with Gasteiger partial charge in [-0.1, -0.05) is 19.1 Å². The fourth-order valence-corrected chi connectivity index (χ4v) is 2.33. The number of carbonyl (C=O) groups is 2. The molecule has 110 valence electrons. The zero-order valence-electron chi connectivity index (χ0n) is 11.7. The van der Waals surface area contributed by atoms with Gasteiger partial charge in [0.05, 0.1) is 12.9 Å². The Morgan fingerprint density at radius 3 is 2.85 bits per heavy atom. The first-order chi connectivity index (χ1) is 9.56. The van der Waals surface area contributed by atoms with Gasteiger partial charge in [0, 0.05) is 11.4 Å². The van der Waals surface area contributed by atoms with Gasteiger partial charge in [-0.15, -0.1) is 11.8 Å². The molecule has 0 aliphatic heterocycles. The van der Waals surface area contributed by atoms with Crippen molar-refractivity contribution in [1.29, 1.82) is 0 Å². The minimum atomic E-state index is -0.693. The van der Waals surface area contributed by atoms with Gasteiger partial charge in [0.15, 0.2) is 0 Å². The molecule has 0 saturated carbocycles. The van der Waals surface area contributed by atoms with Crippen molar-refractivity contribution in [3.63, 3.8) is 0 Å². The summed E-state index contributed by atoms with van der Waals surface area (Å²) >= 11 is 1.30. The normalized spacial score (nSPS) is 11.8. The summed E-state index contributed by atoms with van der Waals surface area (Å²) in [6.45, 7) is 2.06. The molecule has 3 N–H and O–H groups in total. The van der Waals surface area contributed by atoms with Crippen molar-refractivity contribution in [2.45, 2.75) is 19.4 Å². The molecule has 1 aromatic carbocycles. The van der Waals surface area contributed by atoms with Gasteiger partial charge in [-0.25, -0.2) is 0 Å². The van der Waals surface area contributed by atoms with E-state index in [9.17, 15) is 9.59 Å². The maximum Gasteiger partial charge on any atom is 0.323 e. The molecular formula is C14H20N2O3S. The molecular weight excluding hydrogens is 276 g/mol. The highest BCUT2D eigenvalue weighted by atomic mass is 32.2. The third kappa shape index (κ3) is 5.63. The largest absolute Gasteiger partial charge is 0.468 e.